The van der Waals surface area contributed by atoms with E-state index < -0.39 is 0 Å². The van der Waals surface area contributed by atoms with Gasteiger partial charge >= 0.3 is 5.97 Å². The molecule has 3 heteroatoms. The van der Waals surface area contributed by atoms with Crippen molar-refractivity contribution in [2.75, 3.05) is 13.7 Å². The van der Waals surface area contributed by atoms with Crippen molar-refractivity contribution >= 4 is 5.97 Å². The van der Waals surface area contributed by atoms with Crippen LogP contribution in [0.3, 0.4) is 0 Å². The van der Waals surface area contributed by atoms with Crippen molar-refractivity contribution in [1.82, 2.24) is 0 Å². The molecule has 0 N–H and O–H groups in total. The van der Waals surface area contributed by atoms with Crippen LogP contribution in [-0.4, -0.2) is 25.8 Å². The van der Waals surface area contributed by atoms with Crippen LogP contribution in [0.15, 0.2) is 0 Å². The van der Waals surface area contributed by atoms with Crippen LogP contribution >= 0.6 is 0 Å². The lowest BCUT2D eigenvalue weighted by Gasteiger charge is -2.17. The van der Waals surface area contributed by atoms with Crippen molar-refractivity contribution in [2.45, 2.75) is 116 Å². The zero-order valence-corrected chi connectivity index (χ0v) is 16.6. The van der Waals surface area contributed by atoms with Crippen LogP contribution < -0.4 is 0 Å². The summed E-state index contributed by atoms with van der Waals surface area (Å²) in [6.07, 6.45) is 18.8. The Morgan fingerprint density at radius 1 is 0.750 bits per heavy atom. The van der Waals surface area contributed by atoms with Crippen molar-refractivity contribution in [3.63, 3.8) is 0 Å². The van der Waals surface area contributed by atoms with Crippen molar-refractivity contribution in [2.24, 2.45) is 0 Å². The van der Waals surface area contributed by atoms with Crippen molar-refractivity contribution in [1.29, 1.82) is 0 Å². The summed E-state index contributed by atoms with van der Waals surface area (Å²) in [7, 11) is 1.46. The maximum atomic E-state index is 11.0. The first-order valence-electron chi connectivity index (χ1n) is 10.4. The number of carbonyl (C=O) groups excluding carboxylic acids is 1. The number of esters is 1. The summed E-state index contributed by atoms with van der Waals surface area (Å²) < 4.78 is 10.6. The third-order valence-corrected chi connectivity index (χ3v) is 4.67. The molecule has 1 unspecified atom stereocenters. The number of hydrogen-bond donors (Lipinski definition) is 0. The van der Waals surface area contributed by atoms with Crippen LogP contribution in [0.2, 0.25) is 0 Å². The average molecular weight is 343 g/mol. The van der Waals surface area contributed by atoms with Crippen LogP contribution in [-0.2, 0) is 14.3 Å². The van der Waals surface area contributed by atoms with E-state index in [0.29, 0.717) is 12.5 Å². The number of hydrogen-bond acceptors (Lipinski definition) is 3. The van der Waals surface area contributed by atoms with Gasteiger partial charge in [-0.05, 0) is 26.2 Å². The molecule has 0 aliphatic rings. The first-order chi connectivity index (χ1) is 11.7. The van der Waals surface area contributed by atoms with Crippen molar-refractivity contribution in [3.8, 4) is 0 Å². The highest BCUT2D eigenvalue weighted by atomic mass is 16.5. The van der Waals surface area contributed by atoms with Gasteiger partial charge in [0.2, 0.25) is 0 Å². The largest absolute Gasteiger partial charge is 0.469 e. The Morgan fingerprint density at radius 3 is 1.75 bits per heavy atom. The molecule has 0 fully saturated rings. The Hall–Kier alpha value is -0.570. The van der Waals surface area contributed by atoms with Gasteiger partial charge in [-0.15, -0.1) is 0 Å². The third kappa shape index (κ3) is 16.3. The molecule has 1 atom stereocenters. The molecule has 0 aromatic heterocycles. The smallest absolute Gasteiger partial charge is 0.305 e. The molecule has 144 valence electrons. The lowest BCUT2D eigenvalue weighted by atomic mass is 10.0. The second-order valence-corrected chi connectivity index (χ2v) is 6.87. The maximum Gasteiger partial charge on any atom is 0.305 e. The van der Waals surface area contributed by atoms with Gasteiger partial charge in [-0.25, -0.2) is 0 Å². The van der Waals surface area contributed by atoms with E-state index in [9.17, 15) is 4.79 Å². The monoisotopic (exact) mass is 342 g/mol. The summed E-state index contributed by atoms with van der Waals surface area (Å²) in [6, 6.07) is 0. The Morgan fingerprint density at radius 2 is 1.25 bits per heavy atom. The predicted molar refractivity (Wildman–Crippen MR) is 102 cm³/mol. The van der Waals surface area contributed by atoms with Gasteiger partial charge in [0.1, 0.15) is 0 Å². The highest BCUT2D eigenvalue weighted by Gasteiger charge is 2.08. The van der Waals surface area contributed by atoms with E-state index in [1.54, 1.807) is 0 Å². The number of ether oxygens (including phenoxy) is 2. The first-order valence-corrected chi connectivity index (χ1v) is 10.4. The summed E-state index contributed by atoms with van der Waals surface area (Å²) in [5.41, 5.74) is 0. The Kier molecular flexibility index (Phi) is 18.3. The summed E-state index contributed by atoms with van der Waals surface area (Å²) in [5.74, 6) is -0.0823. The molecule has 0 amide bonds. The fourth-order valence-electron chi connectivity index (χ4n) is 3.15. The van der Waals surface area contributed by atoms with E-state index in [4.69, 9.17) is 4.74 Å². The van der Waals surface area contributed by atoms with Gasteiger partial charge in [-0.1, -0.05) is 77.6 Å². The van der Waals surface area contributed by atoms with E-state index in [1.807, 2.05) is 0 Å². The first kappa shape index (κ1) is 23.4. The fourth-order valence-corrected chi connectivity index (χ4v) is 3.15. The van der Waals surface area contributed by atoms with Gasteiger partial charge in [-0.3, -0.25) is 4.79 Å². The minimum absolute atomic E-state index is 0.0823. The molecule has 24 heavy (non-hydrogen) atoms. The number of rotatable bonds is 18. The van der Waals surface area contributed by atoms with Crippen molar-refractivity contribution < 1.29 is 14.3 Å². The second kappa shape index (κ2) is 18.8. The minimum Gasteiger partial charge on any atom is -0.469 e. The van der Waals surface area contributed by atoms with Crippen LogP contribution in [0.25, 0.3) is 0 Å². The highest BCUT2D eigenvalue weighted by molar-refractivity contribution is 5.68. The molecular formula is C21H42O3. The standard InChI is InChI=1S/C21H42O3/c1-4-6-7-8-9-11-14-17-20(24-5-2)18-15-12-10-13-16-19-21(22)23-3/h20H,4-19H2,1-3H3. The van der Waals surface area contributed by atoms with Gasteiger partial charge in [0.25, 0.3) is 0 Å². The van der Waals surface area contributed by atoms with E-state index >= 15 is 0 Å². The molecule has 0 saturated carbocycles. The number of carbonyl (C=O) groups is 1. The molecule has 0 aromatic carbocycles. The Bertz CT molecular complexity index is 266. The molecule has 0 spiro atoms. The van der Waals surface area contributed by atoms with Gasteiger partial charge in [-0.2, -0.15) is 0 Å². The fraction of sp³-hybridized carbons (Fsp3) is 0.952. The lowest BCUT2D eigenvalue weighted by Crippen LogP contribution is -2.12. The zero-order valence-electron chi connectivity index (χ0n) is 16.6. The SMILES string of the molecule is CCCCCCCCCC(CCCCCCCC(=O)OC)OCC. The quantitative estimate of drug-likeness (QED) is 0.212. The average Bonchev–Trinajstić information content (AvgIpc) is 2.59. The summed E-state index contributed by atoms with van der Waals surface area (Å²) in [5, 5.41) is 0. The molecule has 0 aliphatic carbocycles. The molecule has 0 rings (SSSR count). The van der Waals surface area contributed by atoms with Crippen LogP contribution in [0.4, 0.5) is 0 Å². The molecule has 0 bridgehead atoms. The molecule has 3 nitrogen and oxygen atoms in total. The Balaban J connectivity index is 3.50. The third-order valence-electron chi connectivity index (χ3n) is 4.67. The van der Waals surface area contributed by atoms with Crippen LogP contribution in [0, 0.1) is 0 Å². The van der Waals surface area contributed by atoms with Gasteiger partial charge in [0.05, 0.1) is 13.2 Å². The molecule has 0 aliphatic heterocycles. The van der Waals surface area contributed by atoms with Gasteiger partial charge < -0.3 is 9.47 Å². The topological polar surface area (TPSA) is 35.5 Å². The zero-order chi connectivity index (χ0) is 17.9. The van der Waals surface area contributed by atoms with Gasteiger partial charge in [0, 0.05) is 13.0 Å². The predicted octanol–water partition coefficient (Wildman–Crippen LogP) is 6.44. The molecule has 0 heterocycles. The lowest BCUT2D eigenvalue weighted by molar-refractivity contribution is -0.140. The Labute approximate surface area is 150 Å². The van der Waals surface area contributed by atoms with E-state index in [0.717, 1.165) is 19.4 Å². The summed E-state index contributed by atoms with van der Waals surface area (Å²) >= 11 is 0. The van der Waals surface area contributed by atoms with Crippen molar-refractivity contribution in [3.05, 3.63) is 0 Å². The minimum atomic E-state index is -0.0823. The number of unbranched alkanes of at least 4 members (excludes halogenated alkanes) is 10. The van der Waals surface area contributed by atoms with Crippen LogP contribution in [0.5, 0.6) is 0 Å². The summed E-state index contributed by atoms with van der Waals surface area (Å²) in [4.78, 5) is 11.0. The second-order valence-electron chi connectivity index (χ2n) is 6.87. The summed E-state index contributed by atoms with van der Waals surface area (Å²) in [6.45, 7) is 5.21. The number of methoxy groups -OCH3 is 1. The highest BCUT2D eigenvalue weighted by Crippen LogP contribution is 2.16. The van der Waals surface area contributed by atoms with E-state index in [1.165, 1.54) is 84.2 Å². The van der Waals surface area contributed by atoms with E-state index in [2.05, 4.69) is 18.6 Å². The maximum absolute atomic E-state index is 11.0. The molecule has 0 aromatic rings. The van der Waals surface area contributed by atoms with E-state index in [-0.39, 0.29) is 5.97 Å². The van der Waals surface area contributed by atoms with Crippen LogP contribution in [0.1, 0.15) is 110 Å². The molecular weight excluding hydrogens is 300 g/mol. The van der Waals surface area contributed by atoms with Gasteiger partial charge in [0.15, 0.2) is 0 Å². The molecule has 0 saturated heterocycles. The normalized spacial score (nSPS) is 12.3. The molecule has 0 radical (unpaired) electrons.